The molecule has 0 heterocycles. The molecule has 0 atom stereocenters. The van der Waals surface area contributed by atoms with Crippen LogP contribution in [0.2, 0.25) is 0 Å². The summed E-state index contributed by atoms with van der Waals surface area (Å²) >= 11 is 0. The molecule has 0 aliphatic heterocycles. The maximum atomic E-state index is 12.6. The summed E-state index contributed by atoms with van der Waals surface area (Å²) in [5.41, 5.74) is 1.01. The van der Waals surface area contributed by atoms with Gasteiger partial charge in [-0.3, -0.25) is 0 Å². The molecule has 0 saturated heterocycles. The van der Waals surface area contributed by atoms with Gasteiger partial charge in [-0.15, -0.1) is 0 Å². The van der Waals surface area contributed by atoms with Crippen LogP contribution in [-0.4, -0.2) is 24.3 Å². The molecule has 3 N–H and O–H groups in total. The summed E-state index contributed by atoms with van der Waals surface area (Å²) in [5, 5.41) is 13.7. The van der Waals surface area contributed by atoms with E-state index in [1.807, 2.05) is 0 Å². The highest BCUT2D eigenvalue weighted by atomic mass is 19.1. The molecular weight excluding hydrogens is 211 g/mol. The van der Waals surface area contributed by atoms with E-state index in [0.29, 0.717) is 13.1 Å². The Balaban J connectivity index is 2.07. The Morgan fingerprint density at radius 2 is 1.94 bits per heavy atom. The van der Waals surface area contributed by atoms with Crippen molar-refractivity contribution in [2.45, 2.75) is 13.0 Å². The van der Waals surface area contributed by atoms with Gasteiger partial charge in [0.2, 0.25) is 0 Å². The second-order valence-electron chi connectivity index (χ2n) is 3.39. The van der Waals surface area contributed by atoms with Gasteiger partial charge in [0.15, 0.2) is 0 Å². The van der Waals surface area contributed by atoms with Gasteiger partial charge in [-0.25, -0.2) is 9.18 Å². The zero-order chi connectivity index (χ0) is 11.8. The van der Waals surface area contributed by atoms with Gasteiger partial charge < -0.3 is 15.7 Å². The Morgan fingerprint density at radius 3 is 2.56 bits per heavy atom. The van der Waals surface area contributed by atoms with Crippen molar-refractivity contribution in [3.05, 3.63) is 35.6 Å². The lowest BCUT2D eigenvalue weighted by atomic mass is 10.2. The van der Waals surface area contributed by atoms with Crippen LogP contribution in [0.3, 0.4) is 0 Å². The van der Waals surface area contributed by atoms with Crippen LogP contribution in [0.1, 0.15) is 12.0 Å². The summed E-state index contributed by atoms with van der Waals surface area (Å²) < 4.78 is 12.6. The fraction of sp³-hybridized carbons (Fsp3) is 0.364. The molecule has 1 amide bonds. The molecule has 0 aliphatic rings. The third-order valence-corrected chi connectivity index (χ3v) is 2.05. The molecule has 1 rings (SSSR count). The molecule has 0 unspecified atom stereocenters. The molecule has 0 aromatic heterocycles. The number of hydrogen-bond donors (Lipinski definition) is 3. The van der Waals surface area contributed by atoms with Crippen LogP contribution in [0.5, 0.6) is 0 Å². The maximum Gasteiger partial charge on any atom is 0.404 e. The molecule has 0 fully saturated rings. The predicted octanol–water partition coefficient (Wildman–Crippen LogP) is 1.57. The van der Waals surface area contributed by atoms with Gasteiger partial charge in [0.1, 0.15) is 5.82 Å². The van der Waals surface area contributed by atoms with Gasteiger partial charge >= 0.3 is 6.09 Å². The number of nitrogens with one attached hydrogen (secondary N) is 2. The molecule has 0 saturated carbocycles. The predicted molar refractivity (Wildman–Crippen MR) is 58.8 cm³/mol. The zero-order valence-corrected chi connectivity index (χ0v) is 8.87. The maximum absolute atomic E-state index is 12.6. The summed E-state index contributed by atoms with van der Waals surface area (Å²) in [6.45, 7) is 1.82. The van der Waals surface area contributed by atoms with Crippen molar-refractivity contribution in [3.8, 4) is 0 Å². The van der Waals surface area contributed by atoms with E-state index in [2.05, 4.69) is 10.6 Å². The quantitative estimate of drug-likeness (QED) is 0.645. The number of carbonyl (C=O) groups is 1. The molecule has 0 radical (unpaired) electrons. The Kier molecular flexibility index (Phi) is 5.28. The number of halogens is 1. The van der Waals surface area contributed by atoms with E-state index in [4.69, 9.17) is 5.11 Å². The van der Waals surface area contributed by atoms with E-state index < -0.39 is 6.09 Å². The second kappa shape index (κ2) is 6.79. The number of rotatable bonds is 6. The average molecular weight is 226 g/mol. The van der Waals surface area contributed by atoms with Crippen LogP contribution in [-0.2, 0) is 6.54 Å². The first-order valence-electron chi connectivity index (χ1n) is 5.10. The Hall–Kier alpha value is -1.62. The van der Waals surface area contributed by atoms with Crippen molar-refractivity contribution < 1.29 is 14.3 Å². The van der Waals surface area contributed by atoms with Crippen LogP contribution in [0.15, 0.2) is 24.3 Å². The molecule has 1 aromatic rings. The van der Waals surface area contributed by atoms with E-state index in [1.54, 1.807) is 12.1 Å². The fourth-order valence-corrected chi connectivity index (χ4v) is 1.24. The topological polar surface area (TPSA) is 61.4 Å². The van der Waals surface area contributed by atoms with Crippen molar-refractivity contribution in [3.63, 3.8) is 0 Å². The molecule has 0 bridgehead atoms. The Bertz CT molecular complexity index is 327. The highest BCUT2D eigenvalue weighted by molar-refractivity contribution is 5.64. The van der Waals surface area contributed by atoms with Crippen molar-refractivity contribution in [2.75, 3.05) is 13.1 Å². The molecule has 16 heavy (non-hydrogen) atoms. The van der Waals surface area contributed by atoms with Crippen LogP contribution in [0.4, 0.5) is 9.18 Å². The van der Waals surface area contributed by atoms with E-state index in [1.165, 1.54) is 12.1 Å². The van der Waals surface area contributed by atoms with E-state index >= 15 is 0 Å². The third kappa shape index (κ3) is 5.31. The molecule has 5 heteroatoms. The molecule has 88 valence electrons. The van der Waals surface area contributed by atoms with Crippen LogP contribution in [0.25, 0.3) is 0 Å². The zero-order valence-electron chi connectivity index (χ0n) is 8.87. The minimum Gasteiger partial charge on any atom is -0.465 e. The minimum absolute atomic E-state index is 0.241. The molecule has 4 nitrogen and oxygen atoms in total. The van der Waals surface area contributed by atoms with E-state index in [-0.39, 0.29) is 5.82 Å². The van der Waals surface area contributed by atoms with Crippen molar-refractivity contribution in [1.82, 2.24) is 10.6 Å². The normalized spacial score (nSPS) is 10.1. The van der Waals surface area contributed by atoms with Crippen LogP contribution < -0.4 is 10.6 Å². The van der Waals surface area contributed by atoms with Gasteiger partial charge in [0.25, 0.3) is 0 Å². The van der Waals surface area contributed by atoms with Crippen molar-refractivity contribution >= 4 is 6.09 Å². The third-order valence-electron chi connectivity index (χ3n) is 2.05. The number of hydrogen-bond acceptors (Lipinski definition) is 2. The van der Waals surface area contributed by atoms with Crippen molar-refractivity contribution in [1.29, 1.82) is 0 Å². The lowest BCUT2D eigenvalue weighted by Crippen LogP contribution is -2.25. The SMILES string of the molecule is O=C(O)NCCCNCc1ccc(F)cc1. The highest BCUT2D eigenvalue weighted by Gasteiger charge is 1.95. The average Bonchev–Trinajstić information content (AvgIpc) is 2.25. The Labute approximate surface area is 93.5 Å². The molecule has 0 aliphatic carbocycles. The molecule has 0 spiro atoms. The monoisotopic (exact) mass is 226 g/mol. The summed E-state index contributed by atoms with van der Waals surface area (Å²) in [6.07, 6.45) is -0.272. The smallest absolute Gasteiger partial charge is 0.404 e. The first-order valence-corrected chi connectivity index (χ1v) is 5.10. The fourth-order valence-electron chi connectivity index (χ4n) is 1.24. The lowest BCUT2D eigenvalue weighted by molar-refractivity contribution is 0.194. The number of carboxylic acid groups (broad SMARTS) is 1. The van der Waals surface area contributed by atoms with Gasteiger partial charge in [-0.1, -0.05) is 12.1 Å². The van der Waals surface area contributed by atoms with Gasteiger partial charge in [0, 0.05) is 13.1 Å². The van der Waals surface area contributed by atoms with E-state index in [0.717, 1.165) is 18.5 Å². The largest absolute Gasteiger partial charge is 0.465 e. The molecular formula is C11H15FN2O2. The Morgan fingerprint density at radius 1 is 1.25 bits per heavy atom. The number of benzene rings is 1. The van der Waals surface area contributed by atoms with Gasteiger partial charge in [0.05, 0.1) is 0 Å². The molecule has 1 aromatic carbocycles. The van der Waals surface area contributed by atoms with E-state index in [9.17, 15) is 9.18 Å². The lowest BCUT2D eigenvalue weighted by Gasteiger charge is -2.04. The second-order valence-corrected chi connectivity index (χ2v) is 3.39. The summed E-state index contributed by atoms with van der Waals surface area (Å²) in [5.74, 6) is -0.241. The highest BCUT2D eigenvalue weighted by Crippen LogP contribution is 2.01. The summed E-state index contributed by atoms with van der Waals surface area (Å²) in [6, 6.07) is 6.28. The minimum atomic E-state index is -1.00. The van der Waals surface area contributed by atoms with Crippen molar-refractivity contribution in [2.24, 2.45) is 0 Å². The van der Waals surface area contributed by atoms with Gasteiger partial charge in [-0.05, 0) is 30.7 Å². The van der Waals surface area contributed by atoms with Gasteiger partial charge in [-0.2, -0.15) is 0 Å². The van der Waals surface area contributed by atoms with Crippen LogP contribution >= 0.6 is 0 Å². The number of amides is 1. The summed E-state index contributed by atoms with van der Waals surface area (Å²) in [4.78, 5) is 10.1. The standard InChI is InChI=1S/C11H15FN2O2/c12-10-4-2-9(3-5-10)8-13-6-1-7-14-11(15)16/h2-5,13-14H,1,6-8H2,(H,15,16). The summed E-state index contributed by atoms with van der Waals surface area (Å²) in [7, 11) is 0. The first-order chi connectivity index (χ1) is 7.68. The first kappa shape index (κ1) is 12.4. The van der Waals surface area contributed by atoms with Crippen LogP contribution in [0, 0.1) is 5.82 Å².